The van der Waals surface area contributed by atoms with Crippen molar-refractivity contribution in [3.8, 4) is 21.9 Å². The van der Waals surface area contributed by atoms with Crippen LogP contribution in [0.1, 0.15) is 5.56 Å². The Balaban J connectivity index is 1.82. The number of benzene rings is 1. The van der Waals surface area contributed by atoms with Crippen molar-refractivity contribution in [3.05, 3.63) is 63.3 Å². The molecule has 0 amide bonds. The van der Waals surface area contributed by atoms with E-state index in [1.54, 1.807) is 23.5 Å². The van der Waals surface area contributed by atoms with Crippen LogP contribution in [0.3, 0.4) is 0 Å². The fraction of sp³-hybridized carbons (Fsp3) is 0. The summed E-state index contributed by atoms with van der Waals surface area (Å²) in [5, 5.41) is 27.8. The van der Waals surface area contributed by atoms with Crippen LogP contribution < -0.4 is 5.56 Å². The maximum Gasteiger partial charge on any atom is 0.283 e. The lowest BCUT2D eigenvalue weighted by Gasteiger charge is -2.02. The summed E-state index contributed by atoms with van der Waals surface area (Å²) in [4.78, 5) is 18.7. The predicted octanol–water partition coefficient (Wildman–Crippen LogP) is 3.48. The maximum atomic E-state index is 12.8. The van der Waals surface area contributed by atoms with Crippen molar-refractivity contribution in [2.24, 2.45) is 5.10 Å². The number of hydrogen-bond acceptors (Lipinski definition) is 7. The Bertz CT molecular complexity index is 1140. The Hall–Kier alpha value is -2.97. The highest BCUT2D eigenvalue weighted by atomic mass is 32.1. The third-order valence-corrected chi connectivity index (χ3v) is 5.42. The van der Waals surface area contributed by atoms with E-state index in [1.165, 1.54) is 29.9 Å². The van der Waals surface area contributed by atoms with Gasteiger partial charge in [-0.1, -0.05) is 12.1 Å². The lowest BCUT2D eigenvalue weighted by atomic mass is 10.2. The molecule has 25 heavy (non-hydrogen) atoms. The molecule has 0 aliphatic carbocycles. The SMILES string of the molecule is O=c1c2c(-c3cccs3)csc2ncn1/N=C/c1cccc(O)c1O. The van der Waals surface area contributed by atoms with E-state index in [2.05, 4.69) is 10.1 Å². The smallest absolute Gasteiger partial charge is 0.283 e. The third kappa shape index (κ3) is 2.71. The molecule has 124 valence electrons. The lowest BCUT2D eigenvalue weighted by Crippen LogP contribution is -2.16. The standard InChI is InChI=1S/C17H11N3O3S2/c21-12-4-1-3-10(15(12)22)7-19-20-9-18-16-14(17(20)23)11(8-25-16)13-5-2-6-24-13/h1-9,21-22H/b19-7+. The number of aromatic nitrogens is 2. The zero-order valence-corrected chi connectivity index (χ0v) is 14.3. The van der Waals surface area contributed by atoms with Gasteiger partial charge in [-0.05, 0) is 23.6 Å². The molecule has 2 N–H and O–H groups in total. The van der Waals surface area contributed by atoms with Crippen molar-refractivity contribution in [1.29, 1.82) is 0 Å². The highest BCUT2D eigenvalue weighted by Crippen LogP contribution is 2.33. The number of hydrogen-bond donors (Lipinski definition) is 2. The van der Waals surface area contributed by atoms with Crippen molar-refractivity contribution >= 4 is 39.1 Å². The van der Waals surface area contributed by atoms with Gasteiger partial charge in [0.2, 0.25) is 0 Å². The van der Waals surface area contributed by atoms with Crippen LogP contribution in [-0.2, 0) is 0 Å². The summed E-state index contributed by atoms with van der Waals surface area (Å²) < 4.78 is 1.12. The van der Waals surface area contributed by atoms with Crippen molar-refractivity contribution in [1.82, 2.24) is 9.66 Å². The number of para-hydroxylation sites is 1. The van der Waals surface area contributed by atoms with Gasteiger partial charge in [0.1, 0.15) is 11.2 Å². The molecule has 0 unspecified atom stereocenters. The van der Waals surface area contributed by atoms with Gasteiger partial charge < -0.3 is 10.2 Å². The minimum absolute atomic E-state index is 0.248. The summed E-state index contributed by atoms with van der Waals surface area (Å²) >= 11 is 2.97. The molecule has 0 radical (unpaired) electrons. The molecule has 0 bridgehead atoms. The fourth-order valence-electron chi connectivity index (χ4n) is 2.40. The van der Waals surface area contributed by atoms with Crippen LogP contribution in [0.4, 0.5) is 0 Å². The Morgan fingerprint density at radius 2 is 2.04 bits per heavy atom. The Labute approximate surface area is 149 Å². The molecule has 0 saturated heterocycles. The molecule has 1 aromatic carbocycles. The van der Waals surface area contributed by atoms with Gasteiger partial charge in [0.25, 0.3) is 5.56 Å². The lowest BCUT2D eigenvalue weighted by molar-refractivity contribution is 0.403. The van der Waals surface area contributed by atoms with E-state index in [0.717, 1.165) is 15.1 Å². The highest BCUT2D eigenvalue weighted by molar-refractivity contribution is 7.18. The van der Waals surface area contributed by atoms with Gasteiger partial charge in [-0.2, -0.15) is 9.78 Å². The fourth-order valence-corrected chi connectivity index (χ4v) is 4.12. The molecule has 0 aliphatic rings. The van der Waals surface area contributed by atoms with E-state index in [4.69, 9.17) is 0 Å². The quantitative estimate of drug-likeness (QED) is 0.427. The van der Waals surface area contributed by atoms with E-state index >= 15 is 0 Å². The molecular weight excluding hydrogens is 358 g/mol. The number of aromatic hydroxyl groups is 2. The van der Waals surface area contributed by atoms with Gasteiger partial charge in [-0.15, -0.1) is 22.7 Å². The minimum Gasteiger partial charge on any atom is -0.504 e. The van der Waals surface area contributed by atoms with Gasteiger partial charge in [0.05, 0.1) is 11.6 Å². The summed E-state index contributed by atoms with van der Waals surface area (Å²) in [6.45, 7) is 0. The first kappa shape index (κ1) is 15.6. The largest absolute Gasteiger partial charge is 0.504 e. The molecule has 4 aromatic rings. The van der Waals surface area contributed by atoms with Crippen molar-refractivity contribution in [3.63, 3.8) is 0 Å². The normalized spacial score (nSPS) is 11.5. The van der Waals surface area contributed by atoms with E-state index in [9.17, 15) is 15.0 Å². The Kier molecular flexibility index (Phi) is 3.83. The number of phenolic OH excluding ortho intramolecular Hbond substituents is 2. The second-order valence-corrected chi connectivity index (χ2v) is 6.97. The Morgan fingerprint density at radius 1 is 1.16 bits per heavy atom. The summed E-state index contributed by atoms with van der Waals surface area (Å²) in [6.07, 6.45) is 2.65. The molecule has 0 spiro atoms. The number of fused-ring (bicyclic) bond motifs is 1. The minimum atomic E-state index is -0.289. The van der Waals surface area contributed by atoms with Crippen LogP contribution in [0, 0.1) is 0 Å². The molecule has 4 rings (SSSR count). The van der Waals surface area contributed by atoms with Crippen molar-refractivity contribution in [2.75, 3.05) is 0 Å². The number of rotatable bonds is 3. The number of thiophene rings is 2. The molecule has 0 aliphatic heterocycles. The first-order valence-corrected chi connectivity index (χ1v) is 8.99. The van der Waals surface area contributed by atoms with Crippen LogP contribution in [-0.4, -0.2) is 26.1 Å². The second-order valence-electron chi connectivity index (χ2n) is 5.16. The maximum absolute atomic E-state index is 12.8. The van der Waals surface area contributed by atoms with Gasteiger partial charge in [-0.25, -0.2) is 4.98 Å². The molecule has 0 fully saturated rings. The zero-order chi connectivity index (χ0) is 17.4. The van der Waals surface area contributed by atoms with Gasteiger partial charge in [-0.3, -0.25) is 4.79 Å². The van der Waals surface area contributed by atoms with Crippen LogP contribution in [0.2, 0.25) is 0 Å². The van der Waals surface area contributed by atoms with Crippen molar-refractivity contribution in [2.45, 2.75) is 0 Å². The first-order valence-electron chi connectivity index (χ1n) is 7.23. The average molecular weight is 369 g/mol. The average Bonchev–Trinajstić information content (AvgIpc) is 3.27. The van der Waals surface area contributed by atoms with E-state index < -0.39 is 0 Å². The highest BCUT2D eigenvalue weighted by Gasteiger charge is 2.13. The molecular formula is C17H11N3O3S2. The molecule has 6 nitrogen and oxygen atoms in total. The van der Waals surface area contributed by atoms with Crippen LogP contribution in [0.5, 0.6) is 11.5 Å². The van der Waals surface area contributed by atoms with Crippen LogP contribution in [0.15, 0.2) is 57.3 Å². The monoisotopic (exact) mass is 369 g/mol. The summed E-state index contributed by atoms with van der Waals surface area (Å²) in [5.41, 5.74) is 0.860. The first-order chi connectivity index (χ1) is 12.1. The van der Waals surface area contributed by atoms with E-state index in [1.807, 2.05) is 22.9 Å². The molecule has 3 heterocycles. The Morgan fingerprint density at radius 3 is 2.84 bits per heavy atom. The number of phenols is 2. The second kappa shape index (κ2) is 6.15. The predicted molar refractivity (Wildman–Crippen MR) is 100.0 cm³/mol. The van der Waals surface area contributed by atoms with Gasteiger partial charge in [0, 0.05) is 21.4 Å². The molecule has 0 saturated carbocycles. The molecule has 3 aromatic heterocycles. The summed E-state index contributed by atoms with van der Waals surface area (Å²) in [6, 6.07) is 8.41. The van der Waals surface area contributed by atoms with E-state index in [-0.39, 0.29) is 17.1 Å². The molecule has 8 heteroatoms. The molecule has 0 atom stereocenters. The zero-order valence-electron chi connectivity index (χ0n) is 12.7. The van der Waals surface area contributed by atoms with Crippen LogP contribution >= 0.6 is 22.7 Å². The van der Waals surface area contributed by atoms with Crippen molar-refractivity contribution < 1.29 is 10.2 Å². The van der Waals surface area contributed by atoms with E-state index in [0.29, 0.717) is 15.8 Å². The summed E-state index contributed by atoms with van der Waals surface area (Å²) in [5.74, 6) is -0.536. The summed E-state index contributed by atoms with van der Waals surface area (Å²) in [7, 11) is 0. The topological polar surface area (TPSA) is 87.7 Å². The van der Waals surface area contributed by atoms with Gasteiger partial charge >= 0.3 is 0 Å². The number of nitrogens with zero attached hydrogens (tertiary/aromatic N) is 3. The van der Waals surface area contributed by atoms with Gasteiger partial charge in [0.15, 0.2) is 11.5 Å². The third-order valence-electron chi connectivity index (χ3n) is 3.63. The van der Waals surface area contributed by atoms with Crippen LogP contribution in [0.25, 0.3) is 20.7 Å².